The van der Waals surface area contributed by atoms with E-state index in [-0.39, 0.29) is 0 Å². The largest absolute Gasteiger partial charge is 0.317 e. The molecule has 3 heteroatoms. The Morgan fingerprint density at radius 2 is 1.31 bits per heavy atom. The van der Waals surface area contributed by atoms with Gasteiger partial charge in [0.1, 0.15) is 6.33 Å². The standard InChI is InChI=1S/C23H19N3/c1-16-3-9-22-18(13-16)11-12-25(22)19-5-7-20(8-6-19)26-15-24-21-14-17(2)4-10-23(21)26/h3-15H,1-2H3. The summed E-state index contributed by atoms with van der Waals surface area (Å²) in [6.45, 7) is 4.22. The maximum Gasteiger partial charge on any atom is 0.100 e. The average Bonchev–Trinajstić information content (AvgIpc) is 3.25. The van der Waals surface area contributed by atoms with Crippen molar-refractivity contribution in [3.63, 3.8) is 0 Å². The Bertz CT molecular complexity index is 1140. The van der Waals surface area contributed by atoms with Crippen molar-refractivity contribution in [2.45, 2.75) is 13.8 Å². The fourth-order valence-electron chi connectivity index (χ4n) is 3.59. The number of imidazole rings is 1. The highest BCUT2D eigenvalue weighted by Crippen LogP contribution is 2.24. The summed E-state index contributed by atoms with van der Waals surface area (Å²) in [4.78, 5) is 4.54. The van der Waals surface area contributed by atoms with E-state index in [1.54, 1.807) is 0 Å². The number of aromatic nitrogens is 3. The van der Waals surface area contributed by atoms with Crippen molar-refractivity contribution >= 4 is 21.9 Å². The summed E-state index contributed by atoms with van der Waals surface area (Å²) in [6.07, 6.45) is 4.03. The molecule has 0 atom stereocenters. The van der Waals surface area contributed by atoms with Gasteiger partial charge in [0.2, 0.25) is 0 Å². The molecule has 0 aliphatic heterocycles. The van der Waals surface area contributed by atoms with Crippen LogP contribution in [-0.4, -0.2) is 14.1 Å². The van der Waals surface area contributed by atoms with Crippen molar-refractivity contribution in [1.29, 1.82) is 0 Å². The molecular formula is C23H19N3. The highest BCUT2D eigenvalue weighted by Gasteiger charge is 2.07. The highest BCUT2D eigenvalue weighted by molar-refractivity contribution is 5.83. The Hall–Kier alpha value is -3.33. The van der Waals surface area contributed by atoms with Crippen LogP contribution in [0.1, 0.15) is 11.1 Å². The zero-order chi connectivity index (χ0) is 17.7. The zero-order valence-electron chi connectivity index (χ0n) is 14.8. The van der Waals surface area contributed by atoms with E-state index in [9.17, 15) is 0 Å². The predicted octanol–water partition coefficient (Wildman–Crippen LogP) is 5.59. The molecular weight excluding hydrogens is 318 g/mol. The molecule has 2 aromatic heterocycles. The minimum atomic E-state index is 1.03. The summed E-state index contributed by atoms with van der Waals surface area (Å²) in [5, 5.41) is 1.27. The molecule has 126 valence electrons. The molecule has 26 heavy (non-hydrogen) atoms. The Morgan fingerprint density at radius 1 is 0.654 bits per heavy atom. The molecule has 0 saturated carbocycles. The van der Waals surface area contributed by atoms with Gasteiger partial charge >= 0.3 is 0 Å². The van der Waals surface area contributed by atoms with E-state index in [2.05, 4.69) is 101 Å². The van der Waals surface area contributed by atoms with Crippen LogP contribution in [0.4, 0.5) is 0 Å². The monoisotopic (exact) mass is 337 g/mol. The molecule has 0 amide bonds. The molecule has 5 rings (SSSR count). The van der Waals surface area contributed by atoms with E-state index in [1.165, 1.54) is 22.0 Å². The van der Waals surface area contributed by atoms with Gasteiger partial charge in [0.25, 0.3) is 0 Å². The van der Waals surface area contributed by atoms with Gasteiger partial charge in [-0.25, -0.2) is 4.98 Å². The molecule has 3 aromatic carbocycles. The van der Waals surface area contributed by atoms with E-state index < -0.39 is 0 Å². The summed E-state index contributed by atoms with van der Waals surface area (Å²) in [5.41, 5.74) is 8.18. The van der Waals surface area contributed by atoms with Gasteiger partial charge in [0.15, 0.2) is 0 Å². The van der Waals surface area contributed by atoms with Crippen LogP contribution in [0.2, 0.25) is 0 Å². The molecule has 0 aliphatic carbocycles. The lowest BCUT2D eigenvalue weighted by atomic mass is 10.2. The van der Waals surface area contributed by atoms with Gasteiger partial charge < -0.3 is 4.57 Å². The average molecular weight is 337 g/mol. The number of benzene rings is 3. The molecule has 0 bridgehead atoms. The van der Waals surface area contributed by atoms with Gasteiger partial charge in [-0.1, -0.05) is 17.7 Å². The molecule has 0 N–H and O–H groups in total. The second-order valence-electron chi connectivity index (χ2n) is 6.87. The fraction of sp³-hybridized carbons (Fsp3) is 0.0870. The van der Waals surface area contributed by atoms with Crippen LogP contribution in [0.25, 0.3) is 33.3 Å². The van der Waals surface area contributed by atoms with Crippen molar-refractivity contribution < 1.29 is 0 Å². The van der Waals surface area contributed by atoms with Gasteiger partial charge in [-0.05, 0) is 74.0 Å². The van der Waals surface area contributed by atoms with Crippen molar-refractivity contribution in [1.82, 2.24) is 14.1 Å². The first-order valence-electron chi connectivity index (χ1n) is 8.81. The van der Waals surface area contributed by atoms with Gasteiger partial charge in [0, 0.05) is 23.0 Å². The van der Waals surface area contributed by atoms with Crippen LogP contribution in [0.15, 0.2) is 79.3 Å². The molecule has 0 aliphatic rings. The minimum Gasteiger partial charge on any atom is -0.317 e. The smallest absolute Gasteiger partial charge is 0.100 e. The van der Waals surface area contributed by atoms with E-state index in [1.807, 2.05) is 6.33 Å². The van der Waals surface area contributed by atoms with E-state index in [0.717, 1.165) is 22.4 Å². The topological polar surface area (TPSA) is 22.8 Å². The highest BCUT2D eigenvalue weighted by atomic mass is 15.0. The van der Waals surface area contributed by atoms with Crippen molar-refractivity contribution in [3.8, 4) is 11.4 Å². The van der Waals surface area contributed by atoms with Gasteiger partial charge in [0.05, 0.1) is 16.6 Å². The summed E-state index contributed by atoms with van der Waals surface area (Å²) in [7, 11) is 0. The van der Waals surface area contributed by atoms with Crippen LogP contribution in [0.5, 0.6) is 0 Å². The summed E-state index contributed by atoms with van der Waals surface area (Å²) in [5.74, 6) is 0. The normalized spacial score (nSPS) is 11.5. The maximum absolute atomic E-state index is 4.54. The lowest BCUT2D eigenvalue weighted by molar-refractivity contribution is 1.08. The van der Waals surface area contributed by atoms with Crippen LogP contribution < -0.4 is 0 Å². The number of hydrogen-bond donors (Lipinski definition) is 0. The maximum atomic E-state index is 4.54. The first kappa shape index (κ1) is 15.0. The third-order valence-corrected chi connectivity index (χ3v) is 4.95. The molecule has 0 unspecified atom stereocenters. The number of fused-ring (bicyclic) bond motifs is 2. The minimum absolute atomic E-state index is 1.03. The van der Waals surface area contributed by atoms with Crippen LogP contribution in [0.3, 0.4) is 0 Å². The first-order chi connectivity index (χ1) is 12.7. The van der Waals surface area contributed by atoms with Crippen molar-refractivity contribution in [2.24, 2.45) is 0 Å². The molecule has 0 radical (unpaired) electrons. The van der Waals surface area contributed by atoms with Gasteiger partial charge in [-0.3, -0.25) is 4.57 Å². The van der Waals surface area contributed by atoms with Gasteiger partial charge in [-0.2, -0.15) is 0 Å². The number of nitrogens with zero attached hydrogens (tertiary/aromatic N) is 3. The van der Waals surface area contributed by atoms with Crippen molar-refractivity contribution in [3.05, 3.63) is 90.4 Å². The first-order valence-corrected chi connectivity index (χ1v) is 8.81. The van der Waals surface area contributed by atoms with Crippen LogP contribution >= 0.6 is 0 Å². The predicted molar refractivity (Wildman–Crippen MR) is 107 cm³/mol. The Kier molecular flexibility index (Phi) is 3.22. The Balaban J connectivity index is 1.57. The van der Waals surface area contributed by atoms with E-state index in [0.29, 0.717) is 0 Å². The number of aryl methyl sites for hydroxylation is 2. The van der Waals surface area contributed by atoms with Crippen LogP contribution in [0, 0.1) is 13.8 Å². The van der Waals surface area contributed by atoms with Crippen molar-refractivity contribution in [2.75, 3.05) is 0 Å². The van der Waals surface area contributed by atoms with E-state index in [4.69, 9.17) is 0 Å². The van der Waals surface area contributed by atoms with Crippen LogP contribution in [-0.2, 0) is 0 Å². The summed E-state index contributed by atoms with van der Waals surface area (Å²) in [6, 6.07) is 23.7. The SMILES string of the molecule is Cc1ccc2c(ccn2-c2ccc(-n3cnc4cc(C)ccc43)cc2)c1. The third-order valence-electron chi connectivity index (χ3n) is 4.95. The third kappa shape index (κ3) is 2.32. The molecule has 0 saturated heterocycles. The molecule has 2 heterocycles. The summed E-state index contributed by atoms with van der Waals surface area (Å²) >= 11 is 0. The number of hydrogen-bond acceptors (Lipinski definition) is 1. The fourth-order valence-corrected chi connectivity index (χ4v) is 3.59. The Morgan fingerprint density at radius 3 is 2.08 bits per heavy atom. The molecule has 5 aromatic rings. The molecule has 3 nitrogen and oxygen atoms in total. The lowest BCUT2D eigenvalue weighted by Gasteiger charge is -2.09. The molecule has 0 spiro atoms. The summed E-state index contributed by atoms with van der Waals surface area (Å²) < 4.78 is 4.36. The lowest BCUT2D eigenvalue weighted by Crippen LogP contribution is -1.95. The number of rotatable bonds is 2. The zero-order valence-corrected chi connectivity index (χ0v) is 14.8. The second kappa shape index (κ2) is 5.60. The molecule has 0 fully saturated rings. The van der Waals surface area contributed by atoms with Gasteiger partial charge in [-0.15, -0.1) is 0 Å². The quantitative estimate of drug-likeness (QED) is 0.412. The second-order valence-corrected chi connectivity index (χ2v) is 6.87. The van der Waals surface area contributed by atoms with E-state index >= 15 is 0 Å². The Labute approximate surface area is 152 Å².